The van der Waals surface area contributed by atoms with Gasteiger partial charge in [0.15, 0.2) is 6.29 Å². The summed E-state index contributed by atoms with van der Waals surface area (Å²) in [6.07, 6.45) is 26.3. The quantitative estimate of drug-likeness (QED) is 0.105. The zero-order chi connectivity index (χ0) is 24.4. The molecular formula is C31H60O3. The summed E-state index contributed by atoms with van der Waals surface area (Å²) in [5.74, 6) is 4.41. The maximum Gasteiger partial charge on any atom is 0.183 e. The number of hydrogen-bond donors (Lipinski definition) is 1. The molecule has 0 saturated heterocycles. The third-order valence-electron chi connectivity index (χ3n) is 8.35. The molecule has 0 aliphatic heterocycles. The summed E-state index contributed by atoms with van der Waals surface area (Å²) in [4.78, 5) is 0. The fourth-order valence-electron chi connectivity index (χ4n) is 5.77. The lowest BCUT2D eigenvalue weighted by atomic mass is 10.0. The first-order valence-electron chi connectivity index (χ1n) is 15.6. The Morgan fingerprint density at radius 2 is 1.00 bits per heavy atom. The summed E-state index contributed by atoms with van der Waals surface area (Å²) in [5, 5.41) is 9.91. The maximum atomic E-state index is 9.91. The van der Waals surface area contributed by atoms with Gasteiger partial charge < -0.3 is 14.6 Å². The average Bonchev–Trinajstić information content (AvgIpc) is 3.74. The van der Waals surface area contributed by atoms with Crippen LogP contribution in [0.4, 0.5) is 0 Å². The van der Waals surface area contributed by atoms with Gasteiger partial charge in [-0.1, -0.05) is 110 Å². The van der Waals surface area contributed by atoms with Crippen molar-refractivity contribution >= 4 is 0 Å². The Labute approximate surface area is 213 Å². The first-order valence-corrected chi connectivity index (χ1v) is 15.6. The topological polar surface area (TPSA) is 38.7 Å². The molecule has 2 rings (SSSR count). The normalized spacial score (nSPS) is 25.4. The van der Waals surface area contributed by atoms with Crippen LogP contribution in [0, 0.1) is 23.7 Å². The number of aliphatic hydroxyl groups is 1. The third-order valence-corrected chi connectivity index (χ3v) is 8.35. The van der Waals surface area contributed by atoms with Crippen LogP contribution in [-0.2, 0) is 9.47 Å². The van der Waals surface area contributed by atoms with Crippen LogP contribution in [0.25, 0.3) is 0 Å². The van der Waals surface area contributed by atoms with Crippen LogP contribution in [0.1, 0.15) is 149 Å². The Balaban J connectivity index is 1.33. The molecule has 3 heteroatoms. The summed E-state index contributed by atoms with van der Waals surface area (Å²) in [6.45, 7) is 7.74. The van der Waals surface area contributed by atoms with E-state index >= 15 is 0 Å². The Kier molecular flexibility index (Phi) is 16.9. The zero-order valence-electron chi connectivity index (χ0n) is 23.3. The molecule has 2 saturated carbocycles. The third kappa shape index (κ3) is 14.4. The second-order valence-electron chi connectivity index (χ2n) is 11.8. The molecule has 2 aliphatic carbocycles. The molecule has 2 aliphatic rings. The van der Waals surface area contributed by atoms with E-state index in [0.717, 1.165) is 36.5 Å². The van der Waals surface area contributed by atoms with Crippen molar-refractivity contribution in [2.24, 2.45) is 23.7 Å². The van der Waals surface area contributed by atoms with E-state index in [-0.39, 0.29) is 0 Å². The smallest absolute Gasteiger partial charge is 0.183 e. The highest BCUT2D eigenvalue weighted by Crippen LogP contribution is 2.54. The van der Waals surface area contributed by atoms with Crippen LogP contribution < -0.4 is 0 Å². The first-order chi connectivity index (χ1) is 16.7. The van der Waals surface area contributed by atoms with Gasteiger partial charge in [0, 0.05) is 13.2 Å². The number of ether oxygens (including phenoxy) is 2. The van der Waals surface area contributed by atoms with Crippen molar-refractivity contribution in [1.29, 1.82) is 0 Å². The summed E-state index contributed by atoms with van der Waals surface area (Å²) in [6, 6.07) is 0. The minimum Gasteiger partial charge on any atom is -0.388 e. The molecule has 6 atom stereocenters. The lowest BCUT2D eigenvalue weighted by molar-refractivity contribution is -0.190. The maximum absolute atomic E-state index is 9.91. The highest BCUT2D eigenvalue weighted by Gasteiger charge is 2.44. The molecule has 34 heavy (non-hydrogen) atoms. The van der Waals surface area contributed by atoms with Gasteiger partial charge in [-0.2, -0.15) is 0 Å². The van der Waals surface area contributed by atoms with Crippen LogP contribution in [-0.4, -0.2) is 30.7 Å². The van der Waals surface area contributed by atoms with Crippen LogP contribution in [0.2, 0.25) is 0 Å². The zero-order valence-corrected chi connectivity index (χ0v) is 23.3. The number of rotatable bonds is 25. The molecule has 2 fully saturated rings. The highest BCUT2D eigenvalue weighted by atomic mass is 16.7. The van der Waals surface area contributed by atoms with Crippen molar-refractivity contribution in [2.75, 3.05) is 13.2 Å². The average molecular weight is 481 g/mol. The molecule has 0 radical (unpaired) electrons. The highest BCUT2D eigenvalue weighted by molar-refractivity contribution is 4.94. The van der Waals surface area contributed by atoms with E-state index in [4.69, 9.17) is 9.47 Å². The largest absolute Gasteiger partial charge is 0.388 e. The molecule has 0 heterocycles. The van der Waals surface area contributed by atoms with E-state index in [2.05, 4.69) is 13.8 Å². The van der Waals surface area contributed by atoms with Crippen molar-refractivity contribution < 1.29 is 14.6 Å². The van der Waals surface area contributed by atoms with Gasteiger partial charge in [-0.15, -0.1) is 0 Å². The number of aliphatic hydroxyl groups excluding tert-OH is 1. The molecule has 0 amide bonds. The van der Waals surface area contributed by atoms with Crippen molar-refractivity contribution in [3.05, 3.63) is 0 Å². The monoisotopic (exact) mass is 480 g/mol. The van der Waals surface area contributed by atoms with E-state index in [9.17, 15) is 5.11 Å². The molecular weight excluding hydrogens is 420 g/mol. The van der Waals surface area contributed by atoms with E-state index in [1.807, 2.05) is 0 Å². The van der Waals surface area contributed by atoms with Gasteiger partial charge in [0.1, 0.15) is 6.10 Å². The summed E-state index contributed by atoms with van der Waals surface area (Å²) >= 11 is 0. The minimum absolute atomic E-state index is 0.454. The standard InChI is InChI=1S/C31H60O3/c1-4-6-8-9-13-17-21-33-31(26(3)32)34-22-18-14-11-10-12-16-20-28-24-30(28)25-29-23-27(29)19-15-7-5-2/h26-32H,4-25H2,1-3H3. The van der Waals surface area contributed by atoms with Gasteiger partial charge in [-0.05, 0) is 62.7 Å². The van der Waals surface area contributed by atoms with Gasteiger partial charge in [-0.3, -0.25) is 0 Å². The van der Waals surface area contributed by atoms with E-state index in [1.165, 1.54) is 96.3 Å². The van der Waals surface area contributed by atoms with Gasteiger partial charge in [0.05, 0.1) is 0 Å². The van der Waals surface area contributed by atoms with E-state index in [0.29, 0.717) is 13.2 Å². The number of unbranched alkanes of at least 4 members (excludes halogenated alkanes) is 12. The van der Waals surface area contributed by atoms with Crippen molar-refractivity contribution in [3.8, 4) is 0 Å². The fraction of sp³-hybridized carbons (Fsp3) is 1.00. The van der Waals surface area contributed by atoms with Crippen LogP contribution in [0.15, 0.2) is 0 Å². The van der Waals surface area contributed by atoms with Crippen molar-refractivity contribution in [2.45, 2.75) is 162 Å². The van der Waals surface area contributed by atoms with Gasteiger partial charge in [0.25, 0.3) is 0 Å². The summed E-state index contributed by atoms with van der Waals surface area (Å²) in [7, 11) is 0. The number of hydrogen-bond acceptors (Lipinski definition) is 3. The first kappa shape index (κ1) is 30.1. The molecule has 3 nitrogen and oxygen atoms in total. The van der Waals surface area contributed by atoms with Gasteiger partial charge >= 0.3 is 0 Å². The van der Waals surface area contributed by atoms with Crippen LogP contribution >= 0.6 is 0 Å². The predicted octanol–water partition coefficient (Wildman–Crippen LogP) is 9.06. The Morgan fingerprint density at radius 1 is 0.588 bits per heavy atom. The van der Waals surface area contributed by atoms with E-state index < -0.39 is 12.4 Å². The van der Waals surface area contributed by atoms with Crippen LogP contribution in [0.3, 0.4) is 0 Å². The van der Waals surface area contributed by atoms with Crippen molar-refractivity contribution in [1.82, 2.24) is 0 Å². The Morgan fingerprint density at radius 3 is 1.50 bits per heavy atom. The molecule has 0 spiro atoms. The van der Waals surface area contributed by atoms with Gasteiger partial charge in [0.2, 0.25) is 0 Å². The summed E-state index contributed by atoms with van der Waals surface area (Å²) in [5.41, 5.74) is 0. The molecule has 0 aromatic rings. The lowest BCUT2D eigenvalue weighted by Crippen LogP contribution is -2.30. The molecule has 0 aromatic carbocycles. The minimum atomic E-state index is -0.557. The molecule has 6 unspecified atom stereocenters. The summed E-state index contributed by atoms with van der Waals surface area (Å²) < 4.78 is 11.6. The SMILES string of the molecule is CCCCCCCCOC(OCCCCCCCCC1CC1CC1CC1CCCCC)C(C)O. The van der Waals surface area contributed by atoms with Crippen molar-refractivity contribution in [3.63, 3.8) is 0 Å². The van der Waals surface area contributed by atoms with Crippen LogP contribution in [0.5, 0.6) is 0 Å². The van der Waals surface area contributed by atoms with E-state index in [1.54, 1.807) is 26.2 Å². The Hall–Kier alpha value is -0.120. The molecule has 202 valence electrons. The second-order valence-corrected chi connectivity index (χ2v) is 11.8. The Bertz CT molecular complexity index is 466. The molecule has 0 bridgehead atoms. The molecule has 1 N–H and O–H groups in total. The molecule has 0 aromatic heterocycles. The second kappa shape index (κ2) is 19.1. The predicted molar refractivity (Wildman–Crippen MR) is 145 cm³/mol. The lowest BCUT2D eigenvalue weighted by Gasteiger charge is -2.21. The fourth-order valence-corrected chi connectivity index (χ4v) is 5.77. The van der Waals surface area contributed by atoms with Gasteiger partial charge in [-0.25, -0.2) is 0 Å².